The van der Waals surface area contributed by atoms with Gasteiger partial charge in [0.25, 0.3) is 5.91 Å². The van der Waals surface area contributed by atoms with E-state index in [2.05, 4.69) is 44.8 Å². The molecule has 1 amide bonds. The summed E-state index contributed by atoms with van der Waals surface area (Å²) in [5, 5.41) is 15.4. The van der Waals surface area contributed by atoms with Crippen molar-refractivity contribution >= 4 is 16.9 Å². The van der Waals surface area contributed by atoms with Crippen molar-refractivity contribution in [2.24, 2.45) is 0 Å². The van der Waals surface area contributed by atoms with Crippen LogP contribution in [-0.4, -0.2) is 54.1 Å². The lowest BCUT2D eigenvalue weighted by molar-refractivity contribution is 0.0758. The minimum atomic E-state index is 0.00459. The number of H-pyrrole nitrogens is 1. The van der Waals surface area contributed by atoms with Crippen molar-refractivity contribution in [1.82, 2.24) is 35.1 Å². The van der Waals surface area contributed by atoms with Gasteiger partial charge in [-0.2, -0.15) is 20.5 Å². The molecule has 1 aliphatic heterocycles. The van der Waals surface area contributed by atoms with Gasteiger partial charge in [0.1, 0.15) is 16.9 Å². The zero-order valence-electron chi connectivity index (χ0n) is 16.0. The van der Waals surface area contributed by atoms with E-state index in [0.29, 0.717) is 37.1 Å². The van der Waals surface area contributed by atoms with Crippen molar-refractivity contribution < 1.29 is 4.79 Å². The molecule has 8 nitrogen and oxygen atoms in total. The molecule has 0 saturated heterocycles. The first-order chi connectivity index (χ1) is 14.3. The van der Waals surface area contributed by atoms with Crippen LogP contribution >= 0.6 is 0 Å². The molecular formula is C21H21N7O. The number of benzene rings is 2. The molecule has 0 saturated carbocycles. The molecule has 0 fully saturated rings. The van der Waals surface area contributed by atoms with Gasteiger partial charge in [-0.3, -0.25) is 4.79 Å². The molecule has 0 atom stereocenters. The number of hydrogen-bond acceptors (Lipinski definition) is 5. The molecule has 0 spiro atoms. The van der Waals surface area contributed by atoms with Gasteiger partial charge in [0.15, 0.2) is 5.82 Å². The molecule has 0 unspecified atom stereocenters. The van der Waals surface area contributed by atoms with Gasteiger partial charge in [-0.25, -0.2) is 9.67 Å². The maximum absolute atomic E-state index is 12.9. The molecule has 2 aromatic heterocycles. The van der Waals surface area contributed by atoms with E-state index in [1.807, 2.05) is 21.7 Å². The fourth-order valence-electron chi connectivity index (χ4n) is 3.72. The average molecular weight is 387 g/mol. The molecule has 0 bridgehead atoms. The first-order valence-corrected chi connectivity index (χ1v) is 9.82. The van der Waals surface area contributed by atoms with Crippen LogP contribution in [0.1, 0.15) is 27.6 Å². The number of amides is 1. The van der Waals surface area contributed by atoms with Crippen LogP contribution in [0.3, 0.4) is 0 Å². The Balaban J connectivity index is 1.25. The number of carbonyl (C=O) groups is 1. The number of carbonyl (C=O) groups excluding carboxylic acids is 1. The SMILES string of the molecule is O=C(c1ccc2n[nH]nc2c1)N1CCc2nc(CCc3ccccc3)nn2CC1. The Morgan fingerprint density at radius 1 is 0.966 bits per heavy atom. The minimum absolute atomic E-state index is 0.00459. The van der Waals surface area contributed by atoms with E-state index >= 15 is 0 Å². The third-order valence-electron chi connectivity index (χ3n) is 5.31. The Bertz CT molecular complexity index is 1120. The summed E-state index contributed by atoms with van der Waals surface area (Å²) in [5.74, 6) is 1.83. The zero-order chi connectivity index (χ0) is 19.6. The minimum Gasteiger partial charge on any atom is -0.336 e. The molecule has 29 heavy (non-hydrogen) atoms. The highest BCUT2D eigenvalue weighted by Gasteiger charge is 2.22. The predicted molar refractivity (Wildman–Crippen MR) is 107 cm³/mol. The van der Waals surface area contributed by atoms with Crippen LogP contribution in [0.5, 0.6) is 0 Å². The molecule has 2 aromatic carbocycles. The lowest BCUT2D eigenvalue weighted by Crippen LogP contribution is -2.33. The molecule has 8 heteroatoms. The van der Waals surface area contributed by atoms with E-state index in [-0.39, 0.29) is 5.91 Å². The van der Waals surface area contributed by atoms with Gasteiger partial charge in [0.2, 0.25) is 0 Å². The standard InChI is InChI=1S/C21H21N7O/c29-21(16-7-8-17-18(14-16)24-26-23-17)27-11-10-20-22-19(25-28(20)13-12-27)9-6-15-4-2-1-3-5-15/h1-5,7-8,14H,6,9-13H2,(H,23,24,26). The molecule has 5 rings (SSSR count). The number of nitrogens with one attached hydrogen (secondary N) is 1. The smallest absolute Gasteiger partial charge is 0.254 e. The van der Waals surface area contributed by atoms with E-state index in [1.165, 1.54) is 5.56 Å². The number of nitrogens with zero attached hydrogens (tertiary/aromatic N) is 6. The maximum atomic E-state index is 12.9. The lowest BCUT2D eigenvalue weighted by atomic mass is 10.1. The van der Waals surface area contributed by atoms with Crippen molar-refractivity contribution in [1.29, 1.82) is 0 Å². The van der Waals surface area contributed by atoms with E-state index in [4.69, 9.17) is 4.98 Å². The molecular weight excluding hydrogens is 366 g/mol. The van der Waals surface area contributed by atoms with Gasteiger partial charge >= 0.3 is 0 Å². The van der Waals surface area contributed by atoms with E-state index in [9.17, 15) is 4.79 Å². The van der Waals surface area contributed by atoms with Crippen molar-refractivity contribution in [3.05, 3.63) is 71.3 Å². The summed E-state index contributed by atoms with van der Waals surface area (Å²) in [6.45, 7) is 1.91. The first kappa shape index (κ1) is 17.5. The van der Waals surface area contributed by atoms with Crippen LogP contribution in [0.15, 0.2) is 48.5 Å². The molecule has 0 radical (unpaired) electrons. The zero-order valence-corrected chi connectivity index (χ0v) is 16.0. The quantitative estimate of drug-likeness (QED) is 0.578. The van der Waals surface area contributed by atoms with Crippen molar-refractivity contribution in [2.45, 2.75) is 25.8 Å². The number of aryl methyl sites for hydroxylation is 2. The third kappa shape index (κ3) is 3.61. The summed E-state index contributed by atoms with van der Waals surface area (Å²) < 4.78 is 1.95. The second kappa shape index (κ2) is 7.46. The molecule has 1 aliphatic rings. The van der Waals surface area contributed by atoms with Gasteiger partial charge in [0.05, 0.1) is 6.54 Å². The topological polar surface area (TPSA) is 92.6 Å². The number of hydrogen-bond donors (Lipinski definition) is 1. The highest BCUT2D eigenvalue weighted by Crippen LogP contribution is 2.15. The normalized spacial score (nSPS) is 14.0. The Morgan fingerprint density at radius 3 is 2.72 bits per heavy atom. The van der Waals surface area contributed by atoms with Gasteiger partial charge in [-0.15, -0.1) is 0 Å². The number of fused-ring (bicyclic) bond motifs is 2. The monoisotopic (exact) mass is 387 g/mol. The Kier molecular flexibility index (Phi) is 4.51. The fraction of sp³-hybridized carbons (Fsp3) is 0.286. The summed E-state index contributed by atoms with van der Waals surface area (Å²) in [5.41, 5.74) is 3.37. The first-order valence-electron chi connectivity index (χ1n) is 9.82. The summed E-state index contributed by atoms with van der Waals surface area (Å²) >= 11 is 0. The summed E-state index contributed by atoms with van der Waals surface area (Å²) in [6, 6.07) is 15.8. The lowest BCUT2D eigenvalue weighted by Gasteiger charge is -2.19. The summed E-state index contributed by atoms with van der Waals surface area (Å²) in [4.78, 5) is 19.5. The van der Waals surface area contributed by atoms with Crippen molar-refractivity contribution in [3.8, 4) is 0 Å². The second-order valence-electron chi connectivity index (χ2n) is 7.22. The Hall–Kier alpha value is -3.55. The van der Waals surface area contributed by atoms with Gasteiger partial charge in [-0.1, -0.05) is 30.3 Å². The van der Waals surface area contributed by atoms with Crippen LogP contribution in [0.2, 0.25) is 0 Å². The van der Waals surface area contributed by atoms with E-state index in [1.54, 1.807) is 12.1 Å². The molecule has 4 aromatic rings. The van der Waals surface area contributed by atoms with Gasteiger partial charge < -0.3 is 4.90 Å². The Morgan fingerprint density at radius 2 is 1.83 bits per heavy atom. The molecule has 0 aliphatic carbocycles. The largest absolute Gasteiger partial charge is 0.336 e. The van der Waals surface area contributed by atoms with Crippen LogP contribution in [-0.2, 0) is 25.8 Å². The number of rotatable bonds is 4. The molecule has 1 N–H and O–H groups in total. The molecule has 146 valence electrons. The highest BCUT2D eigenvalue weighted by molar-refractivity contribution is 5.97. The fourth-order valence-corrected chi connectivity index (χ4v) is 3.72. The Labute approximate surface area is 167 Å². The summed E-state index contributed by atoms with van der Waals surface area (Å²) in [7, 11) is 0. The van der Waals surface area contributed by atoms with Crippen LogP contribution in [0.4, 0.5) is 0 Å². The average Bonchev–Trinajstić information content (AvgIpc) is 3.34. The molecule has 3 heterocycles. The maximum Gasteiger partial charge on any atom is 0.254 e. The second-order valence-corrected chi connectivity index (χ2v) is 7.22. The van der Waals surface area contributed by atoms with Crippen LogP contribution in [0, 0.1) is 0 Å². The van der Waals surface area contributed by atoms with Gasteiger partial charge in [-0.05, 0) is 30.2 Å². The third-order valence-corrected chi connectivity index (χ3v) is 5.31. The predicted octanol–water partition coefficient (Wildman–Crippen LogP) is 2.03. The van der Waals surface area contributed by atoms with Crippen molar-refractivity contribution in [3.63, 3.8) is 0 Å². The van der Waals surface area contributed by atoms with E-state index < -0.39 is 0 Å². The summed E-state index contributed by atoms with van der Waals surface area (Å²) in [6.07, 6.45) is 2.46. The van der Waals surface area contributed by atoms with Crippen LogP contribution in [0.25, 0.3) is 11.0 Å². The van der Waals surface area contributed by atoms with E-state index in [0.717, 1.165) is 30.0 Å². The number of aromatic nitrogens is 6. The number of aromatic amines is 1. The highest BCUT2D eigenvalue weighted by atomic mass is 16.2. The van der Waals surface area contributed by atoms with Crippen molar-refractivity contribution in [2.75, 3.05) is 13.1 Å². The van der Waals surface area contributed by atoms with Crippen LogP contribution < -0.4 is 0 Å². The van der Waals surface area contributed by atoms with Gasteiger partial charge in [0, 0.05) is 31.5 Å².